The third-order valence-electron chi connectivity index (χ3n) is 7.02. The maximum atomic E-state index is 11.8. The van der Waals surface area contributed by atoms with Crippen molar-refractivity contribution in [3.8, 4) is 17.0 Å². The number of nitrogens with two attached hydrogens (primary N) is 1. The van der Waals surface area contributed by atoms with Gasteiger partial charge in [-0.25, -0.2) is 4.98 Å². The van der Waals surface area contributed by atoms with E-state index in [0.717, 1.165) is 60.9 Å². The molecule has 3 N–H and O–H groups in total. The second-order valence-electron chi connectivity index (χ2n) is 9.70. The zero-order chi connectivity index (χ0) is 25.7. The van der Waals surface area contributed by atoms with Crippen LogP contribution in [0, 0.1) is 11.3 Å². The molecule has 0 spiro atoms. The van der Waals surface area contributed by atoms with Gasteiger partial charge in [0.25, 0.3) is 0 Å². The van der Waals surface area contributed by atoms with E-state index in [1.54, 1.807) is 25.1 Å². The maximum absolute atomic E-state index is 11.8. The lowest BCUT2D eigenvalue weighted by molar-refractivity contribution is -0.128. The van der Waals surface area contributed by atoms with Gasteiger partial charge in [-0.05, 0) is 60.1 Å². The Kier molecular flexibility index (Phi) is 8.25. The van der Waals surface area contributed by atoms with E-state index in [4.69, 9.17) is 20.6 Å². The van der Waals surface area contributed by atoms with E-state index in [-0.39, 0.29) is 5.91 Å². The van der Waals surface area contributed by atoms with Crippen LogP contribution in [0.25, 0.3) is 11.1 Å². The molecule has 1 fully saturated rings. The first-order valence-electron chi connectivity index (χ1n) is 12.7. The van der Waals surface area contributed by atoms with Crippen molar-refractivity contribution in [2.45, 2.75) is 39.5 Å². The number of amides is 1. The van der Waals surface area contributed by atoms with Crippen LogP contribution in [-0.2, 0) is 16.0 Å². The standard InChI is InChI=1S/C23H27N5O2.C5H10O/c1-15(29)27-11-8-20(24)19(14-27)23(25)28-10-3-4-18-12-16(5-6-21(18)28)17-7-9-26-22(13-17)30-2;1-5-2-3-6-4-5/h5-7,9,12-13,25H,3-4,8,10-11,14,24H2,1-2H3;5H,2-4H2,1H3/t;5-/m.0/s1. The highest BCUT2D eigenvalue weighted by Gasteiger charge is 2.28. The number of hydrogen-bond acceptors (Lipinski definition) is 6. The molecule has 1 atom stereocenters. The molecule has 192 valence electrons. The van der Waals surface area contributed by atoms with Gasteiger partial charge in [-0.1, -0.05) is 13.0 Å². The van der Waals surface area contributed by atoms with E-state index in [1.807, 2.05) is 17.0 Å². The number of methoxy groups -OCH3 is 1. The van der Waals surface area contributed by atoms with Crippen LogP contribution in [0.1, 0.15) is 38.7 Å². The Morgan fingerprint density at radius 3 is 2.67 bits per heavy atom. The Balaban J connectivity index is 0.000000445. The van der Waals surface area contributed by atoms with Crippen molar-refractivity contribution in [1.29, 1.82) is 5.41 Å². The molecule has 1 aromatic carbocycles. The van der Waals surface area contributed by atoms with Crippen LogP contribution in [0.4, 0.5) is 5.69 Å². The molecule has 0 bridgehead atoms. The molecule has 0 aliphatic carbocycles. The number of hydrogen-bond donors (Lipinski definition) is 2. The molecular weight excluding hydrogens is 454 g/mol. The van der Waals surface area contributed by atoms with Gasteiger partial charge in [0.15, 0.2) is 0 Å². The number of benzene rings is 1. The lowest BCUT2D eigenvalue weighted by Crippen LogP contribution is -2.44. The van der Waals surface area contributed by atoms with Gasteiger partial charge in [0, 0.05) is 68.9 Å². The number of amidine groups is 1. The van der Waals surface area contributed by atoms with Crippen molar-refractivity contribution in [3.05, 3.63) is 53.4 Å². The second-order valence-corrected chi connectivity index (χ2v) is 9.70. The summed E-state index contributed by atoms with van der Waals surface area (Å²) in [5, 5.41) is 8.87. The zero-order valence-corrected chi connectivity index (χ0v) is 21.5. The molecule has 4 heterocycles. The molecule has 2 aromatic rings. The highest BCUT2D eigenvalue weighted by Crippen LogP contribution is 2.34. The van der Waals surface area contributed by atoms with Crippen LogP contribution < -0.4 is 15.4 Å². The van der Waals surface area contributed by atoms with Crippen LogP contribution in [0.3, 0.4) is 0 Å². The Morgan fingerprint density at radius 1 is 1.19 bits per heavy atom. The van der Waals surface area contributed by atoms with Gasteiger partial charge in [-0.2, -0.15) is 0 Å². The number of carbonyl (C=O) groups excluding carboxylic acids is 1. The minimum atomic E-state index is 0.0178. The molecule has 1 saturated heterocycles. The van der Waals surface area contributed by atoms with Crippen molar-refractivity contribution in [2.24, 2.45) is 11.7 Å². The van der Waals surface area contributed by atoms with Gasteiger partial charge in [-0.3, -0.25) is 10.2 Å². The fourth-order valence-electron chi connectivity index (χ4n) is 4.80. The van der Waals surface area contributed by atoms with Crippen LogP contribution in [-0.4, -0.2) is 61.6 Å². The Hall–Kier alpha value is -3.39. The smallest absolute Gasteiger partial charge is 0.219 e. The van der Waals surface area contributed by atoms with Crippen LogP contribution in [0.2, 0.25) is 0 Å². The summed E-state index contributed by atoms with van der Waals surface area (Å²) in [5.41, 5.74) is 12.1. The van der Waals surface area contributed by atoms with Gasteiger partial charge >= 0.3 is 0 Å². The van der Waals surface area contributed by atoms with E-state index in [2.05, 4.69) is 30.1 Å². The summed E-state index contributed by atoms with van der Waals surface area (Å²) in [6.07, 6.45) is 5.54. The third kappa shape index (κ3) is 5.87. The van der Waals surface area contributed by atoms with Gasteiger partial charge < -0.3 is 25.0 Å². The number of fused-ring (bicyclic) bond motifs is 1. The molecule has 0 unspecified atom stereocenters. The molecule has 5 rings (SSSR count). The summed E-state index contributed by atoms with van der Waals surface area (Å²) in [6.45, 7) is 7.54. The first kappa shape index (κ1) is 25.7. The molecule has 3 aliphatic heterocycles. The van der Waals surface area contributed by atoms with Crippen LogP contribution in [0.15, 0.2) is 47.8 Å². The monoisotopic (exact) mass is 491 g/mol. The molecule has 0 radical (unpaired) electrons. The summed E-state index contributed by atoms with van der Waals surface area (Å²) in [5.74, 6) is 1.83. The van der Waals surface area contributed by atoms with Crippen molar-refractivity contribution in [1.82, 2.24) is 9.88 Å². The highest BCUT2D eigenvalue weighted by atomic mass is 16.5. The number of nitrogens with zero attached hydrogens (tertiary/aromatic N) is 3. The van der Waals surface area contributed by atoms with Crippen molar-refractivity contribution in [2.75, 3.05) is 44.9 Å². The quantitative estimate of drug-likeness (QED) is 0.497. The summed E-state index contributed by atoms with van der Waals surface area (Å²) in [7, 11) is 1.61. The van der Waals surface area contributed by atoms with Crippen LogP contribution in [0.5, 0.6) is 5.88 Å². The Morgan fingerprint density at radius 2 is 2.00 bits per heavy atom. The Bertz CT molecular complexity index is 1140. The summed E-state index contributed by atoms with van der Waals surface area (Å²) in [4.78, 5) is 19.8. The number of aryl methyl sites for hydroxylation is 1. The average Bonchev–Trinajstić information content (AvgIpc) is 3.39. The molecule has 0 saturated carbocycles. The van der Waals surface area contributed by atoms with E-state index in [0.29, 0.717) is 36.9 Å². The highest BCUT2D eigenvalue weighted by molar-refractivity contribution is 6.09. The largest absolute Gasteiger partial charge is 0.481 e. The summed E-state index contributed by atoms with van der Waals surface area (Å²) in [6, 6.07) is 10.2. The van der Waals surface area contributed by atoms with Gasteiger partial charge in [0.05, 0.1) is 13.7 Å². The number of ether oxygens (including phenoxy) is 2. The SMILES string of the molecule is COc1cc(-c2ccc3c(c2)CCCN3C(=N)C2=C(N)CCN(C(C)=O)C2)ccn1.C[C@H]1CCOC1. The fourth-order valence-corrected chi connectivity index (χ4v) is 4.80. The predicted molar refractivity (Wildman–Crippen MR) is 142 cm³/mol. The first-order valence-corrected chi connectivity index (χ1v) is 12.7. The number of carbonyl (C=O) groups is 1. The fraction of sp³-hybridized carbons (Fsp3) is 0.464. The minimum absolute atomic E-state index is 0.0178. The van der Waals surface area contributed by atoms with Crippen molar-refractivity contribution < 1.29 is 14.3 Å². The molecule has 8 nitrogen and oxygen atoms in total. The number of aromatic nitrogens is 1. The van der Waals surface area contributed by atoms with Gasteiger partial charge in [-0.15, -0.1) is 0 Å². The average molecular weight is 492 g/mol. The lowest BCUT2D eigenvalue weighted by Gasteiger charge is -2.36. The van der Waals surface area contributed by atoms with E-state index in [1.165, 1.54) is 12.0 Å². The van der Waals surface area contributed by atoms with Crippen molar-refractivity contribution >= 4 is 17.4 Å². The van der Waals surface area contributed by atoms with Gasteiger partial charge in [0.1, 0.15) is 5.84 Å². The molecule has 1 amide bonds. The maximum Gasteiger partial charge on any atom is 0.219 e. The van der Waals surface area contributed by atoms with E-state index in [9.17, 15) is 4.79 Å². The van der Waals surface area contributed by atoms with Crippen molar-refractivity contribution in [3.63, 3.8) is 0 Å². The lowest BCUT2D eigenvalue weighted by atomic mass is 9.95. The number of rotatable bonds is 3. The molecule has 36 heavy (non-hydrogen) atoms. The normalized spacial score (nSPS) is 19.4. The third-order valence-corrected chi connectivity index (χ3v) is 7.02. The zero-order valence-electron chi connectivity index (χ0n) is 21.5. The molecule has 8 heteroatoms. The molecular formula is C28H37N5O3. The van der Waals surface area contributed by atoms with E-state index < -0.39 is 0 Å². The predicted octanol–water partition coefficient (Wildman–Crippen LogP) is 3.99. The number of pyridine rings is 1. The second kappa shape index (κ2) is 11.6. The van der Waals surface area contributed by atoms with Gasteiger partial charge in [0.2, 0.25) is 11.8 Å². The number of nitrogens with one attached hydrogen (secondary N) is 1. The first-order chi connectivity index (χ1) is 17.4. The summed E-state index contributed by atoms with van der Waals surface area (Å²) < 4.78 is 10.3. The van der Waals surface area contributed by atoms with E-state index >= 15 is 0 Å². The van der Waals surface area contributed by atoms with Crippen LogP contribution >= 0.6 is 0 Å². The Labute approximate surface area is 213 Å². The topological polar surface area (TPSA) is 105 Å². The number of anilines is 1. The molecule has 3 aliphatic rings. The molecule has 1 aromatic heterocycles. The minimum Gasteiger partial charge on any atom is -0.481 e. The summed E-state index contributed by atoms with van der Waals surface area (Å²) >= 11 is 0.